The molecule has 0 radical (unpaired) electrons. The first-order valence-electron chi connectivity index (χ1n) is 5.62. The van der Waals surface area contributed by atoms with E-state index in [1.54, 1.807) is 11.8 Å². The number of nitrogens with zero attached hydrogens (tertiary/aromatic N) is 2. The van der Waals surface area contributed by atoms with Crippen molar-refractivity contribution >= 4 is 5.91 Å². The van der Waals surface area contributed by atoms with E-state index in [-0.39, 0.29) is 11.9 Å². The number of ether oxygens (including phenoxy) is 1. The van der Waals surface area contributed by atoms with E-state index in [1.165, 1.54) is 0 Å². The fourth-order valence-electron chi connectivity index (χ4n) is 1.34. The summed E-state index contributed by atoms with van der Waals surface area (Å²) in [6, 6.07) is 1.68. The summed E-state index contributed by atoms with van der Waals surface area (Å²) in [7, 11) is 3.47. The van der Waals surface area contributed by atoms with Crippen LogP contribution >= 0.6 is 0 Å². The van der Waals surface area contributed by atoms with Crippen LogP contribution in [-0.4, -0.2) is 42.0 Å². The molecule has 6 heteroatoms. The summed E-state index contributed by atoms with van der Waals surface area (Å²) in [4.78, 5) is 11.6. The maximum Gasteiger partial charge on any atom is 0.236 e. The molecule has 1 rings (SSSR count). The molecule has 6 nitrogen and oxygen atoms in total. The predicted molar refractivity (Wildman–Crippen MR) is 64.4 cm³/mol. The molecule has 0 spiro atoms. The van der Waals surface area contributed by atoms with E-state index >= 15 is 0 Å². The Hall–Kier alpha value is -1.40. The highest BCUT2D eigenvalue weighted by Gasteiger charge is 2.11. The van der Waals surface area contributed by atoms with Crippen LogP contribution in [-0.2, 0) is 23.1 Å². The molecule has 17 heavy (non-hydrogen) atoms. The monoisotopic (exact) mass is 240 g/mol. The van der Waals surface area contributed by atoms with Gasteiger partial charge in [0.2, 0.25) is 5.91 Å². The average molecular weight is 240 g/mol. The maximum absolute atomic E-state index is 11.6. The van der Waals surface area contributed by atoms with Gasteiger partial charge in [-0.3, -0.25) is 9.48 Å². The third-order valence-electron chi connectivity index (χ3n) is 2.36. The summed E-state index contributed by atoms with van der Waals surface area (Å²) in [6.45, 7) is 3.47. The molecule has 0 aliphatic heterocycles. The van der Waals surface area contributed by atoms with Crippen molar-refractivity contribution in [3.63, 3.8) is 0 Å². The smallest absolute Gasteiger partial charge is 0.236 e. The van der Waals surface area contributed by atoms with Gasteiger partial charge < -0.3 is 15.4 Å². The van der Waals surface area contributed by atoms with Gasteiger partial charge in [0.1, 0.15) is 0 Å². The lowest BCUT2D eigenvalue weighted by Gasteiger charge is -2.12. The molecule has 1 amide bonds. The van der Waals surface area contributed by atoms with Crippen molar-refractivity contribution in [2.45, 2.75) is 19.5 Å². The van der Waals surface area contributed by atoms with Crippen LogP contribution in [0, 0.1) is 0 Å². The van der Waals surface area contributed by atoms with Crippen molar-refractivity contribution in [2.75, 3.05) is 20.3 Å². The molecule has 0 aliphatic rings. The van der Waals surface area contributed by atoms with E-state index in [2.05, 4.69) is 15.7 Å². The number of aromatic nitrogens is 2. The molecular formula is C11H20N4O2. The minimum absolute atomic E-state index is 0.0296. The minimum atomic E-state index is -0.242. The number of carbonyl (C=O) groups excluding carboxylic acids is 1. The minimum Gasteiger partial charge on any atom is -0.383 e. The molecular weight excluding hydrogens is 220 g/mol. The van der Waals surface area contributed by atoms with Crippen LogP contribution in [0.2, 0.25) is 0 Å². The van der Waals surface area contributed by atoms with Gasteiger partial charge in [-0.05, 0) is 13.0 Å². The standard InChI is InChI=1S/C11H20N4O2/c1-9(11(16)12-5-7-17-3)13-8-10-4-6-15(2)14-10/h4,6,9,13H,5,7-8H2,1-3H3,(H,12,16). The fraction of sp³-hybridized carbons (Fsp3) is 0.636. The molecule has 0 saturated carbocycles. The van der Waals surface area contributed by atoms with Crippen LogP contribution < -0.4 is 10.6 Å². The number of rotatable bonds is 7. The molecule has 96 valence electrons. The topological polar surface area (TPSA) is 68.2 Å². The molecule has 0 saturated heterocycles. The third-order valence-corrected chi connectivity index (χ3v) is 2.36. The number of amides is 1. The number of hydrogen-bond acceptors (Lipinski definition) is 4. The van der Waals surface area contributed by atoms with Gasteiger partial charge in [0, 0.05) is 33.4 Å². The highest BCUT2D eigenvalue weighted by Crippen LogP contribution is 1.94. The van der Waals surface area contributed by atoms with Crippen molar-refractivity contribution in [1.82, 2.24) is 20.4 Å². The third kappa shape index (κ3) is 4.97. The Morgan fingerprint density at radius 2 is 2.41 bits per heavy atom. The Morgan fingerprint density at radius 3 is 3.00 bits per heavy atom. The average Bonchev–Trinajstić information content (AvgIpc) is 2.72. The first-order valence-corrected chi connectivity index (χ1v) is 5.62. The second-order valence-electron chi connectivity index (χ2n) is 3.87. The Balaban J connectivity index is 2.24. The van der Waals surface area contributed by atoms with Crippen molar-refractivity contribution in [1.29, 1.82) is 0 Å². The molecule has 0 bridgehead atoms. The van der Waals surface area contributed by atoms with Crippen LogP contribution in [0.1, 0.15) is 12.6 Å². The van der Waals surface area contributed by atoms with Crippen LogP contribution in [0.15, 0.2) is 12.3 Å². The lowest BCUT2D eigenvalue weighted by atomic mass is 10.3. The number of nitrogens with one attached hydrogen (secondary N) is 2. The van der Waals surface area contributed by atoms with Crippen molar-refractivity contribution < 1.29 is 9.53 Å². The SMILES string of the molecule is COCCNC(=O)C(C)NCc1ccn(C)n1. The largest absolute Gasteiger partial charge is 0.383 e. The van der Waals surface area contributed by atoms with E-state index in [0.717, 1.165) is 5.69 Å². The van der Waals surface area contributed by atoms with Gasteiger partial charge in [-0.1, -0.05) is 0 Å². The van der Waals surface area contributed by atoms with Crippen molar-refractivity contribution in [3.8, 4) is 0 Å². The molecule has 0 aromatic carbocycles. The second kappa shape index (κ2) is 7.03. The lowest BCUT2D eigenvalue weighted by molar-refractivity contribution is -0.122. The summed E-state index contributed by atoms with van der Waals surface area (Å²) in [5.74, 6) is -0.0296. The molecule has 0 aliphatic carbocycles. The quantitative estimate of drug-likeness (QED) is 0.640. The summed E-state index contributed by atoms with van der Waals surface area (Å²) in [5, 5.41) is 10.1. The molecule has 1 heterocycles. The highest BCUT2D eigenvalue weighted by molar-refractivity contribution is 5.81. The summed E-state index contributed by atoms with van der Waals surface area (Å²) in [5.41, 5.74) is 0.920. The number of carbonyl (C=O) groups is 1. The van der Waals surface area contributed by atoms with Crippen molar-refractivity contribution in [3.05, 3.63) is 18.0 Å². The Morgan fingerprint density at radius 1 is 1.65 bits per heavy atom. The van der Waals surface area contributed by atoms with Gasteiger partial charge in [0.15, 0.2) is 0 Å². The van der Waals surface area contributed by atoms with Gasteiger partial charge in [-0.2, -0.15) is 5.10 Å². The summed E-state index contributed by atoms with van der Waals surface area (Å²) >= 11 is 0. The van der Waals surface area contributed by atoms with Gasteiger partial charge in [-0.15, -0.1) is 0 Å². The van der Waals surface area contributed by atoms with Gasteiger partial charge in [0.05, 0.1) is 18.3 Å². The molecule has 1 atom stereocenters. The van der Waals surface area contributed by atoms with Gasteiger partial charge >= 0.3 is 0 Å². The second-order valence-corrected chi connectivity index (χ2v) is 3.87. The lowest BCUT2D eigenvalue weighted by Crippen LogP contribution is -2.42. The van der Waals surface area contributed by atoms with E-state index < -0.39 is 0 Å². The van der Waals surface area contributed by atoms with Crippen molar-refractivity contribution in [2.24, 2.45) is 7.05 Å². The molecule has 0 fully saturated rings. The van der Waals surface area contributed by atoms with E-state index in [4.69, 9.17) is 4.74 Å². The van der Waals surface area contributed by atoms with Gasteiger partial charge in [-0.25, -0.2) is 0 Å². The maximum atomic E-state index is 11.6. The summed E-state index contributed by atoms with van der Waals surface area (Å²) < 4.78 is 6.59. The van der Waals surface area contributed by atoms with Crippen LogP contribution in [0.4, 0.5) is 0 Å². The van der Waals surface area contributed by atoms with E-state index in [1.807, 2.05) is 26.2 Å². The first-order chi connectivity index (χ1) is 8.13. The van der Waals surface area contributed by atoms with Crippen LogP contribution in [0.3, 0.4) is 0 Å². The molecule has 1 aromatic rings. The normalized spacial score (nSPS) is 12.4. The Labute approximate surface area is 101 Å². The van der Waals surface area contributed by atoms with E-state index in [9.17, 15) is 4.79 Å². The van der Waals surface area contributed by atoms with Crippen LogP contribution in [0.25, 0.3) is 0 Å². The Kier molecular flexibility index (Phi) is 5.65. The van der Waals surface area contributed by atoms with E-state index in [0.29, 0.717) is 19.7 Å². The van der Waals surface area contributed by atoms with Gasteiger partial charge in [0.25, 0.3) is 0 Å². The predicted octanol–water partition coefficient (Wildman–Crippen LogP) is -0.339. The Bertz CT molecular complexity index is 351. The number of methoxy groups -OCH3 is 1. The highest BCUT2D eigenvalue weighted by atomic mass is 16.5. The molecule has 1 aromatic heterocycles. The van der Waals surface area contributed by atoms with Crippen LogP contribution in [0.5, 0.6) is 0 Å². The zero-order chi connectivity index (χ0) is 12.7. The fourth-order valence-corrected chi connectivity index (χ4v) is 1.34. The molecule has 2 N–H and O–H groups in total. The number of aryl methyl sites for hydroxylation is 1. The summed E-state index contributed by atoms with van der Waals surface area (Å²) in [6.07, 6.45) is 1.88. The zero-order valence-corrected chi connectivity index (χ0v) is 10.6. The molecule has 1 unspecified atom stereocenters. The number of hydrogen-bond donors (Lipinski definition) is 2. The first kappa shape index (κ1) is 13.7. The zero-order valence-electron chi connectivity index (χ0n) is 10.6.